The van der Waals surface area contributed by atoms with Gasteiger partial charge in [0.15, 0.2) is 0 Å². The molecule has 82 valence electrons. The Morgan fingerprint density at radius 2 is 1.64 bits per heavy atom. The minimum Gasteiger partial charge on any atom is -0.300 e. The Hall–Kier alpha value is -0.130. The first-order valence-electron chi connectivity index (χ1n) is 5.02. The van der Waals surface area contributed by atoms with E-state index in [2.05, 4.69) is 18.7 Å². The average molecular weight is 218 g/mol. The van der Waals surface area contributed by atoms with Crippen molar-refractivity contribution in [1.82, 2.24) is 9.21 Å². The summed E-state index contributed by atoms with van der Waals surface area (Å²) >= 11 is 0. The molecule has 1 spiro atoms. The van der Waals surface area contributed by atoms with Crippen molar-refractivity contribution < 1.29 is 8.42 Å². The summed E-state index contributed by atoms with van der Waals surface area (Å²) in [6.07, 6.45) is 1.29. The van der Waals surface area contributed by atoms with Crippen molar-refractivity contribution in [2.24, 2.45) is 5.41 Å². The molecule has 2 aliphatic heterocycles. The predicted molar refractivity (Wildman–Crippen MR) is 55.6 cm³/mol. The second kappa shape index (κ2) is 2.93. The Bertz CT molecular complexity index is 323. The lowest BCUT2D eigenvalue weighted by Crippen LogP contribution is -2.73. The van der Waals surface area contributed by atoms with Gasteiger partial charge in [-0.3, -0.25) is 4.90 Å². The summed E-state index contributed by atoms with van der Waals surface area (Å²) in [5.74, 6) is 0. The van der Waals surface area contributed by atoms with Crippen LogP contribution in [-0.4, -0.2) is 56.1 Å². The van der Waals surface area contributed by atoms with Gasteiger partial charge in [-0.25, -0.2) is 12.7 Å². The minimum absolute atomic E-state index is 0.299. The lowest BCUT2D eigenvalue weighted by atomic mass is 9.74. The van der Waals surface area contributed by atoms with Crippen molar-refractivity contribution in [2.75, 3.05) is 32.4 Å². The van der Waals surface area contributed by atoms with Crippen LogP contribution in [-0.2, 0) is 10.0 Å². The Morgan fingerprint density at radius 1 is 1.14 bits per heavy atom. The monoisotopic (exact) mass is 218 g/mol. The van der Waals surface area contributed by atoms with Gasteiger partial charge in [0.2, 0.25) is 10.0 Å². The molecule has 0 atom stereocenters. The van der Waals surface area contributed by atoms with Crippen molar-refractivity contribution in [3.63, 3.8) is 0 Å². The second-order valence-corrected chi connectivity index (χ2v) is 7.01. The molecule has 2 fully saturated rings. The molecule has 2 saturated heterocycles. The van der Waals surface area contributed by atoms with E-state index in [0.717, 1.165) is 26.2 Å². The number of hydrogen-bond donors (Lipinski definition) is 0. The maximum Gasteiger partial charge on any atom is 0.211 e. The first-order valence-corrected chi connectivity index (χ1v) is 6.86. The van der Waals surface area contributed by atoms with E-state index < -0.39 is 10.0 Å². The van der Waals surface area contributed by atoms with Gasteiger partial charge < -0.3 is 0 Å². The van der Waals surface area contributed by atoms with Crippen molar-refractivity contribution in [3.8, 4) is 0 Å². The molecule has 0 aliphatic carbocycles. The molecule has 0 radical (unpaired) electrons. The van der Waals surface area contributed by atoms with Gasteiger partial charge in [-0.2, -0.15) is 0 Å². The standard InChI is InChI=1S/C9H18N2O2S/c1-8(2)10-4-9(5-10)6-11(7-9)14(3,12)13/h8H,4-7H2,1-3H3. The summed E-state index contributed by atoms with van der Waals surface area (Å²) < 4.78 is 23.9. The van der Waals surface area contributed by atoms with E-state index >= 15 is 0 Å². The molecule has 0 aromatic carbocycles. The summed E-state index contributed by atoms with van der Waals surface area (Å²) in [5.41, 5.74) is 0.299. The lowest BCUT2D eigenvalue weighted by Gasteiger charge is -2.60. The predicted octanol–water partition coefficient (Wildman–Crippen LogP) is -0.0280. The third-order valence-electron chi connectivity index (χ3n) is 3.30. The van der Waals surface area contributed by atoms with Gasteiger partial charge in [0.25, 0.3) is 0 Å². The summed E-state index contributed by atoms with van der Waals surface area (Å²) in [5, 5.41) is 0. The molecular weight excluding hydrogens is 200 g/mol. The molecular formula is C9H18N2O2S. The van der Waals surface area contributed by atoms with Crippen LogP contribution in [0.5, 0.6) is 0 Å². The van der Waals surface area contributed by atoms with Gasteiger partial charge in [-0.1, -0.05) is 0 Å². The zero-order valence-electron chi connectivity index (χ0n) is 9.02. The third kappa shape index (κ3) is 1.57. The van der Waals surface area contributed by atoms with E-state index in [1.165, 1.54) is 6.26 Å². The molecule has 0 unspecified atom stereocenters. The van der Waals surface area contributed by atoms with Crippen LogP contribution in [0.25, 0.3) is 0 Å². The van der Waals surface area contributed by atoms with Gasteiger partial charge in [0.05, 0.1) is 6.26 Å². The summed E-state index contributed by atoms with van der Waals surface area (Å²) in [6.45, 7) is 7.96. The number of rotatable bonds is 2. The first kappa shape index (κ1) is 10.4. The molecule has 5 heteroatoms. The lowest BCUT2D eigenvalue weighted by molar-refractivity contribution is -0.0939. The molecule has 0 aromatic rings. The van der Waals surface area contributed by atoms with Crippen LogP contribution in [0.15, 0.2) is 0 Å². The summed E-state index contributed by atoms with van der Waals surface area (Å²) in [7, 11) is -2.94. The van der Waals surface area contributed by atoms with Gasteiger partial charge >= 0.3 is 0 Å². The number of nitrogens with zero attached hydrogens (tertiary/aromatic N) is 2. The van der Waals surface area contributed by atoms with Gasteiger partial charge in [0, 0.05) is 37.6 Å². The highest BCUT2D eigenvalue weighted by atomic mass is 32.2. The summed E-state index contributed by atoms with van der Waals surface area (Å²) in [4.78, 5) is 2.39. The first-order chi connectivity index (χ1) is 6.32. The smallest absolute Gasteiger partial charge is 0.211 e. The van der Waals surface area contributed by atoms with Crippen LogP contribution in [0.1, 0.15) is 13.8 Å². The minimum atomic E-state index is -2.94. The fourth-order valence-corrected chi connectivity index (χ4v) is 3.33. The molecule has 0 aromatic heterocycles. The van der Waals surface area contributed by atoms with Crippen LogP contribution in [0.2, 0.25) is 0 Å². The van der Waals surface area contributed by atoms with Crippen molar-refractivity contribution in [3.05, 3.63) is 0 Å². The number of sulfonamides is 1. The van der Waals surface area contributed by atoms with Gasteiger partial charge in [-0.05, 0) is 13.8 Å². The SMILES string of the molecule is CC(C)N1CC2(C1)CN(S(C)(=O)=O)C2. The average Bonchev–Trinajstić information content (AvgIpc) is 1.74. The molecule has 0 bridgehead atoms. The normalized spacial score (nSPS) is 27.7. The molecule has 2 aliphatic rings. The molecule has 0 N–H and O–H groups in total. The van der Waals surface area contributed by atoms with Crippen LogP contribution in [0, 0.1) is 5.41 Å². The Balaban J connectivity index is 1.86. The van der Waals surface area contributed by atoms with Crippen molar-refractivity contribution in [2.45, 2.75) is 19.9 Å². The fraction of sp³-hybridized carbons (Fsp3) is 1.00. The molecule has 14 heavy (non-hydrogen) atoms. The quantitative estimate of drug-likeness (QED) is 0.653. The second-order valence-electron chi connectivity index (χ2n) is 5.03. The summed E-state index contributed by atoms with van der Waals surface area (Å²) in [6, 6.07) is 0.591. The van der Waals surface area contributed by atoms with Gasteiger partial charge in [-0.15, -0.1) is 0 Å². The van der Waals surface area contributed by atoms with E-state index in [-0.39, 0.29) is 0 Å². The molecule has 0 saturated carbocycles. The maximum absolute atomic E-state index is 11.2. The van der Waals surface area contributed by atoms with Gasteiger partial charge in [0.1, 0.15) is 0 Å². The molecule has 0 amide bonds. The third-order valence-corrected chi connectivity index (χ3v) is 4.50. The number of likely N-dealkylation sites (tertiary alicyclic amines) is 1. The van der Waals surface area contributed by atoms with E-state index in [1.807, 2.05) is 0 Å². The highest BCUT2D eigenvalue weighted by molar-refractivity contribution is 7.88. The Labute approximate surface area is 85.9 Å². The highest BCUT2D eigenvalue weighted by Gasteiger charge is 2.54. The van der Waals surface area contributed by atoms with Crippen LogP contribution >= 0.6 is 0 Å². The Morgan fingerprint density at radius 3 is 2.00 bits per heavy atom. The van der Waals surface area contributed by atoms with E-state index in [9.17, 15) is 8.42 Å². The molecule has 2 heterocycles. The highest BCUT2D eigenvalue weighted by Crippen LogP contribution is 2.41. The van der Waals surface area contributed by atoms with Crippen molar-refractivity contribution >= 4 is 10.0 Å². The molecule has 4 nitrogen and oxygen atoms in total. The fourth-order valence-electron chi connectivity index (χ4n) is 2.32. The largest absolute Gasteiger partial charge is 0.300 e. The number of hydrogen-bond acceptors (Lipinski definition) is 3. The van der Waals surface area contributed by atoms with Crippen LogP contribution < -0.4 is 0 Å². The van der Waals surface area contributed by atoms with E-state index in [4.69, 9.17) is 0 Å². The van der Waals surface area contributed by atoms with E-state index in [1.54, 1.807) is 4.31 Å². The Kier molecular flexibility index (Phi) is 2.18. The van der Waals surface area contributed by atoms with E-state index in [0.29, 0.717) is 11.5 Å². The van der Waals surface area contributed by atoms with Crippen molar-refractivity contribution in [1.29, 1.82) is 0 Å². The topological polar surface area (TPSA) is 40.6 Å². The maximum atomic E-state index is 11.2. The zero-order chi connectivity index (χ0) is 10.6. The van der Waals surface area contributed by atoms with Crippen LogP contribution in [0.3, 0.4) is 0 Å². The zero-order valence-corrected chi connectivity index (χ0v) is 9.84. The molecule has 2 rings (SSSR count). The van der Waals surface area contributed by atoms with Crippen LogP contribution in [0.4, 0.5) is 0 Å².